The van der Waals surface area contributed by atoms with Gasteiger partial charge in [-0.05, 0) is 26.7 Å². The van der Waals surface area contributed by atoms with Gasteiger partial charge in [0.2, 0.25) is 11.8 Å². The number of hydrogen-bond donors (Lipinski definition) is 2. The molecule has 0 saturated carbocycles. The Morgan fingerprint density at radius 3 is 2.88 bits per heavy atom. The van der Waals surface area contributed by atoms with Gasteiger partial charge in [-0.1, -0.05) is 0 Å². The molecule has 0 aliphatic heterocycles. The second kappa shape index (κ2) is 7.00. The molecule has 16 heavy (non-hydrogen) atoms. The van der Waals surface area contributed by atoms with Crippen LogP contribution in [0.25, 0.3) is 0 Å². The van der Waals surface area contributed by atoms with Gasteiger partial charge in [0.25, 0.3) is 0 Å². The zero-order chi connectivity index (χ0) is 11.8. The highest BCUT2D eigenvalue weighted by Crippen LogP contribution is 2.11. The lowest BCUT2D eigenvalue weighted by atomic mass is 10.3. The van der Waals surface area contributed by atoms with E-state index in [0.717, 1.165) is 25.1 Å². The number of aliphatic hydroxyl groups is 1. The fourth-order valence-corrected chi connectivity index (χ4v) is 1.28. The number of unbranched alkanes of at least 4 members (excludes halogenated alkanes) is 1. The van der Waals surface area contributed by atoms with Gasteiger partial charge in [0, 0.05) is 24.9 Å². The average molecular weight is 225 g/mol. The van der Waals surface area contributed by atoms with E-state index in [4.69, 9.17) is 9.84 Å². The van der Waals surface area contributed by atoms with E-state index in [0.29, 0.717) is 18.4 Å². The number of hydrogen-bond acceptors (Lipinski definition) is 5. The van der Waals surface area contributed by atoms with Crippen LogP contribution in [0.5, 0.6) is 5.88 Å². The van der Waals surface area contributed by atoms with Crippen molar-refractivity contribution in [3.8, 4) is 5.88 Å². The molecule has 1 rings (SSSR count). The maximum atomic E-state index is 8.64. The molecule has 1 aromatic heterocycles. The Balaban J connectivity index is 2.51. The quantitative estimate of drug-likeness (QED) is 0.686. The predicted molar refractivity (Wildman–Crippen MR) is 62.7 cm³/mol. The number of aliphatic hydroxyl groups excluding tert-OH is 1. The molecule has 0 saturated heterocycles. The van der Waals surface area contributed by atoms with Crippen LogP contribution in [-0.4, -0.2) is 34.8 Å². The number of anilines is 1. The van der Waals surface area contributed by atoms with Crippen molar-refractivity contribution in [2.45, 2.75) is 26.7 Å². The summed E-state index contributed by atoms with van der Waals surface area (Å²) in [6.07, 6.45) is 1.69. The van der Waals surface area contributed by atoms with Gasteiger partial charge >= 0.3 is 0 Å². The molecule has 0 spiro atoms. The lowest BCUT2D eigenvalue weighted by molar-refractivity contribution is 0.286. The zero-order valence-corrected chi connectivity index (χ0v) is 9.86. The summed E-state index contributed by atoms with van der Waals surface area (Å²) in [5, 5.41) is 11.7. The van der Waals surface area contributed by atoms with Crippen LogP contribution < -0.4 is 10.1 Å². The second-order valence-corrected chi connectivity index (χ2v) is 3.46. The molecule has 5 heteroatoms. The van der Waals surface area contributed by atoms with Crippen LogP contribution in [0.15, 0.2) is 6.07 Å². The molecule has 0 aliphatic carbocycles. The summed E-state index contributed by atoms with van der Waals surface area (Å²) < 4.78 is 5.32. The smallest absolute Gasteiger partial charge is 0.226 e. The molecular weight excluding hydrogens is 206 g/mol. The number of aromatic nitrogens is 2. The standard InChI is InChI=1S/C11H19N3O2/c1-3-16-10-8-9(2)13-11(14-10)12-6-4-5-7-15/h8,15H,3-7H2,1-2H3,(H,12,13,14). The summed E-state index contributed by atoms with van der Waals surface area (Å²) in [5.74, 6) is 1.18. The van der Waals surface area contributed by atoms with Crippen molar-refractivity contribution in [3.05, 3.63) is 11.8 Å². The highest BCUT2D eigenvalue weighted by molar-refractivity contribution is 5.30. The third-order valence-corrected chi connectivity index (χ3v) is 1.99. The monoisotopic (exact) mass is 225 g/mol. The summed E-state index contributed by atoms with van der Waals surface area (Å²) in [4.78, 5) is 8.46. The first-order chi connectivity index (χ1) is 7.76. The van der Waals surface area contributed by atoms with Gasteiger partial charge in [0.05, 0.1) is 6.61 Å². The van der Waals surface area contributed by atoms with E-state index < -0.39 is 0 Å². The normalized spacial score (nSPS) is 10.2. The SMILES string of the molecule is CCOc1cc(C)nc(NCCCCO)n1. The molecule has 0 aliphatic rings. The van der Waals surface area contributed by atoms with Gasteiger partial charge < -0.3 is 15.2 Å². The van der Waals surface area contributed by atoms with Gasteiger partial charge in [0.1, 0.15) is 0 Å². The minimum atomic E-state index is 0.223. The molecule has 0 atom stereocenters. The van der Waals surface area contributed by atoms with Gasteiger partial charge in [-0.15, -0.1) is 0 Å². The Morgan fingerprint density at radius 2 is 2.19 bits per heavy atom. The molecule has 0 unspecified atom stereocenters. The maximum absolute atomic E-state index is 8.64. The van der Waals surface area contributed by atoms with Crippen LogP contribution >= 0.6 is 0 Å². The number of ether oxygens (including phenoxy) is 1. The Labute approximate surface area is 95.9 Å². The zero-order valence-electron chi connectivity index (χ0n) is 9.86. The van der Waals surface area contributed by atoms with Crippen LogP contribution in [0, 0.1) is 6.92 Å². The predicted octanol–water partition coefficient (Wildman–Crippen LogP) is 1.37. The summed E-state index contributed by atoms with van der Waals surface area (Å²) >= 11 is 0. The van der Waals surface area contributed by atoms with Crippen LogP contribution in [0.4, 0.5) is 5.95 Å². The van der Waals surface area contributed by atoms with E-state index >= 15 is 0 Å². The van der Waals surface area contributed by atoms with Crippen molar-refractivity contribution in [3.63, 3.8) is 0 Å². The largest absolute Gasteiger partial charge is 0.478 e. The first-order valence-electron chi connectivity index (χ1n) is 5.59. The maximum Gasteiger partial charge on any atom is 0.226 e. The molecule has 0 aromatic carbocycles. The van der Waals surface area contributed by atoms with E-state index in [1.165, 1.54) is 0 Å². The highest BCUT2D eigenvalue weighted by Gasteiger charge is 2.01. The van der Waals surface area contributed by atoms with Gasteiger partial charge in [0.15, 0.2) is 0 Å². The molecule has 0 fully saturated rings. The first-order valence-corrected chi connectivity index (χ1v) is 5.59. The van der Waals surface area contributed by atoms with Gasteiger partial charge in [-0.3, -0.25) is 0 Å². The first kappa shape index (κ1) is 12.7. The molecule has 0 bridgehead atoms. The van der Waals surface area contributed by atoms with Crippen LogP contribution in [0.3, 0.4) is 0 Å². The van der Waals surface area contributed by atoms with Crippen LogP contribution in [0.2, 0.25) is 0 Å². The van der Waals surface area contributed by atoms with E-state index in [1.807, 2.05) is 19.9 Å². The fraction of sp³-hybridized carbons (Fsp3) is 0.636. The lowest BCUT2D eigenvalue weighted by Crippen LogP contribution is -2.08. The molecule has 0 radical (unpaired) electrons. The van der Waals surface area contributed by atoms with Crippen molar-refractivity contribution in [1.82, 2.24) is 9.97 Å². The van der Waals surface area contributed by atoms with Crippen molar-refractivity contribution in [1.29, 1.82) is 0 Å². The Morgan fingerprint density at radius 1 is 1.38 bits per heavy atom. The second-order valence-electron chi connectivity index (χ2n) is 3.46. The fourth-order valence-electron chi connectivity index (χ4n) is 1.28. The number of nitrogens with zero attached hydrogens (tertiary/aromatic N) is 2. The van der Waals surface area contributed by atoms with E-state index in [-0.39, 0.29) is 6.61 Å². The van der Waals surface area contributed by atoms with E-state index in [1.54, 1.807) is 0 Å². The van der Waals surface area contributed by atoms with Crippen LogP contribution in [0.1, 0.15) is 25.5 Å². The van der Waals surface area contributed by atoms with Crippen LogP contribution in [-0.2, 0) is 0 Å². The molecule has 1 aromatic rings. The molecule has 5 nitrogen and oxygen atoms in total. The topological polar surface area (TPSA) is 67.3 Å². The third-order valence-electron chi connectivity index (χ3n) is 1.99. The highest BCUT2D eigenvalue weighted by atomic mass is 16.5. The summed E-state index contributed by atoms with van der Waals surface area (Å²) in [6.45, 7) is 5.41. The third kappa shape index (κ3) is 4.44. The van der Waals surface area contributed by atoms with Crippen molar-refractivity contribution in [2.75, 3.05) is 25.1 Å². The number of nitrogens with one attached hydrogen (secondary N) is 1. The molecule has 2 N–H and O–H groups in total. The van der Waals surface area contributed by atoms with E-state index in [9.17, 15) is 0 Å². The lowest BCUT2D eigenvalue weighted by Gasteiger charge is -2.07. The Bertz CT molecular complexity index is 318. The van der Waals surface area contributed by atoms with Gasteiger partial charge in [-0.25, -0.2) is 4.98 Å². The number of rotatable bonds is 7. The Hall–Kier alpha value is -1.36. The molecule has 0 amide bonds. The molecular formula is C11H19N3O2. The van der Waals surface area contributed by atoms with Crippen molar-refractivity contribution >= 4 is 5.95 Å². The van der Waals surface area contributed by atoms with Crippen molar-refractivity contribution < 1.29 is 9.84 Å². The number of aryl methyl sites for hydroxylation is 1. The summed E-state index contributed by atoms with van der Waals surface area (Å²) in [6, 6.07) is 1.81. The molecule has 90 valence electrons. The van der Waals surface area contributed by atoms with E-state index in [2.05, 4.69) is 15.3 Å². The summed E-state index contributed by atoms with van der Waals surface area (Å²) in [7, 11) is 0. The molecule has 1 heterocycles. The Kier molecular flexibility index (Phi) is 5.56. The van der Waals surface area contributed by atoms with Crippen molar-refractivity contribution in [2.24, 2.45) is 0 Å². The average Bonchev–Trinajstić information content (AvgIpc) is 2.24. The minimum Gasteiger partial charge on any atom is -0.478 e. The minimum absolute atomic E-state index is 0.223. The van der Waals surface area contributed by atoms with Gasteiger partial charge in [-0.2, -0.15) is 4.98 Å². The summed E-state index contributed by atoms with van der Waals surface area (Å²) in [5.41, 5.74) is 0.878.